The van der Waals surface area contributed by atoms with Crippen LogP contribution in [0, 0.1) is 0 Å². The summed E-state index contributed by atoms with van der Waals surface area (Å²) in [6.45, 7) is 0. The summed E-state index contributed by atoms with van der Waals surface area (Å²) in [7, 11) is -3.37. The summed E-state index contributed by atoms with van der Waals surface area (Å²) in [5.74, 6) is -0.226. The number of carbonyl (C=O) groups is 1. The van der Waals surface area contributed by atoms with E-state index in [2.05, 4.69) is 15.3 Å². The molecule has 0 radical (unpaired) electrons. The quantitative estimate of drug-likeness (QED) is 0.769. The minimum Gasteiger partial charge on any atom is -0.321 e. The highest BCUT2D eigenvalue weighted by Gasteiger charge is 2.23. The molecule has 2 heterocycles. The zero-order valence-corrected chi connectivity index (χ0v) is 15.0. The molecule has 1 aliphatic carbocycles. The smallest absolute Gasteiger partial charge is 0.256 e. The average Bonchev–Trinajstić information content (AvgIpc) is 3.07. The lowest BCUT2D eigenvalue weighted by Crippen LogP contribution is -2.16. The number of amides is 1. The molecular formula is C19H17N3O3S. The highest BCUT2D eigenvalue weighted by molar-refractivity contribution is 7.90. The van der Waals surface area contributed by atoms with Crippen LogP contribution < -0.4 is 5.32 Å². The molecule has 1 aliphatic rings. The van der Waals surface area contributed by atoms with E-state index in [1.807, 2.05) is 24.3 Å². The van der Waals surface area contributed by atoms with Gasteiger partial charge in [0, 0.05) is 17.3 Å². The van der Waals surface area contributed by atoms with Crippen LogP contribution in [-0.4, -0.2) is 30.5 Å². The van der Waals surface area contributed by atoms with Crippen LogP contribution in [0.3, 0.4) is 0 Å². The number of nitrogens with zero attached hydrogens (tertiary/aromatic N) is 2. The number of benzene rings is 1. The Kier molecular flexibility index (Phi) is 3.96. The predicted molar refractivity (Wildman–Crippen MR) is 99.1 cm³/mol. The highest BCUT2D eigenvalue weighted by atomic mass is 32.2. The Hall–Kier alpha value is -2.80. The van der Waals surface area contributed by atoms with Crippen LogP contribution in [0.2, 0.25) is 0 Å². The van der Waals surface area contributed by atoms with Crippen molar-refractivity contribution in [1.82, 2.24) is 9.97 Å². The van der Waals surface area contributed by atoms with Gasteiger partial charge in [0.05, 0.1) is 23.0 Å². The summed E-state index contributed by atoms with van der Waals surface area (Å²) in [6, 6.07) is 10.6. The van der Waals surface area contributed by atoms with Gasteiger partial charge >= 0.3 is 0 Å². The van der Waals surface area contributed by atoms with Gasteiger partial charge in [0.2, 0.25) is 0 Å². The monoisotopic (exact) mass is 367 g/mol. The average molecular weight is 367 g/mol. The number of aromatic nitrogens is 2. The Morgan fingerprint density at radius 3 is 2.65 bits per heavy atom. The maximum atomic E-state index is 13.0. The van der Waals surface area contributed by atoms with Crippen molar-refractivity contribution in [2.24, 2.45) is 0 Å². The maximum Gasteiger partial charge on any atom is 0.256 e. The van der Waals surface area contributed by atoms with Gasteiger partial charge in [0.1, 0.15) is 0 Å². The molecule has 7 heteroatoms. The van der Waals surface area contributed by atoms with Gasteiger partial charge in [0.25, 0.3) is 5.91 Å². The molecule has 0 saturated heterocycles. The van der Waals surface area contributed by atoms with E-state index in [9.17, 15) is 13.2 Å². The lowest BCUT2D eigenvalue weighted by molar-refractivity contribution is 0.102. The van der Waals surface area contributed by atoms with Crippen LogP contribution >= 0.6 is 0 Å². The second-order valence-electron chi connectivity index (χ2n) is 6.39. The number of pyridine rings is 2. The molecular weight excluding hydrogens is 350 g/mol. The van der Waals surface area contributed by atoms with Gasteiger partial charge < -0.3 is 5.32 Å². The van der Waals surface area contributed by atoms with Crippen molar-refractivity contribution in [3.63, 3.8) is 0 Å². The number of nitrogens with one attached hydrogen (secondary N) is 1. The molecule has 0 fully saturated rings. The number of hydrogen-bond acceptors (Lipinski definition) is 5. The Morgan fingerprint density at radius 1 is 1.12 bits per heavy atom. The zero-order valence-electron chi connectivity index (χ0n) is 14.2. The number of para-hydroxylation sites is 1. The highest BCUT2D eigenvalue weighted by Crippen LogP contribution is 2.30. The molecule has 6 nitrogen and oxygen atoms in total. The third kappa shape index (κ3) is 2.94. The summed E-state index contributed by atoms with van der Waals surface area (Å²) < 4.78 is 23.0. The first-order valence-corrected chi connectivity index (χ1v) is 10.2. The molecule has 0 unspecified atom stereocenters. The first kappa shape index (κ1) is 16.7. The fraction of sp³-hybridized carbons (Fsp3) is 0.211. The number of aryl methyl sites for hydroxylation is 1. The Bertz CT molecular complexity index is 1120. The molecule has 1 amide bonds. The minimum atomic E-state index is -3.37. The van der Waals surface area contributed by atoms with Crippen LogP contribution in [-0.2, 0) is 22.7 Å². The standard InChI is InChI=1S/C19H17N3O3S/c1-26(24,25)17-10-9-12(11-20-17)21-19(23)18-13-5-2-3-7-15(13)22-16-8-4-6-14(16)18/h2-3,5,7,9-11H,4,6,8H2,1H3,(H,21,23). The van der Waals surface area contributed by atoms with Crippen molar-refractivity contribution < 1.29 is 13.2 Å². The van der Waals surface area contributed by atoms with E-state index in [0.717, 1.165) is 47.7 Å². The van der Waals surface area contributed by atoms with E-state index in [-0.39, 0.29) is 10.9 Å². The van der Waals surface area contributed by atoms with Crippen LogP contribution in [0.15, 0.2) is 47.6 Å². The van der Waals surface area contributed by atoms with Crippen molar-refractivity contribution in [2.75, 3.05) is 11.6 Å². The summed E-state index contributed by atoms with van der Waals surface area (Å²) in [5.41, 5.74) is 3.90. The Labute approximate surface area is 151 Å². The van der Waals surface area contributed by atoms with Crippen LogP contribution in [0.4, 0.5) is 5.69 Å². The molecule has 0 saturated carbocycles. The molecule has 132 valence electrons. The first-order valence-electron chi connectivity index (χ1n) is 8.31. The summed E-state index contributed by atoms with van der Waals surface area (Å²) in [6.07, 6.45) is 5.16. The van der Waals surface area contributed by atoms with Crippen molar-refractivity contribution in [2.45, 2.75) is 24.3 Å². The van der Waals surface area contributed by atoms with E-state index in [1.54, 1.807) is 6.07 Å². The maximum absolute atomic E-state index is 13.0. The number of hydrogen-bond donors (Lipinski definition) is 1. The topological polar surface area (TPSA) is 89.0 Å². The van der Waals surface area contributed by atoms with Gasteiger partial charge in [-0.1, -0.05) is 18.2 Å². The molecule has 2 aromatic heterocycles. The van der Waals surface area contributed by atoms with E-state index >= 15 is 0 Å². The van der Waals surface area contributed by atoms with Crippen LogP contribution in [0.1, 0.15) is 28.0 Å². The zero-order chi connectivity index (χ0) is 18.3. The molecule has 0 atom stereocenters. The van der Waals surface area contributed by atoms with E-state index in [0.29, 0.717) is 11.3 Å². The third-order valence-corrected chi connectivity index (χ3v) is 5.52. The fourth-order valence-corrected chi connectivity index (χ4v) is 3.90. The van der Waals surface area contributed by atoms with Gasteiger partial charge in [0.15, 0.2) is 14.9 Å². The van der Waals surface area contributed by atoms with Gasteiger partial charge in [-0.15, -0.1) is 0 Å². The molecule has 0 bridgehead atoms. The second kappa shape index (κ2) is 6.17. The molecule has 1 aromatic carbocycles. The van der Waals surface area contributed by atoms with Crippen molar-refractivity contribution in [3.05, 3.63) is 59.4 Å². The normalized spacial score (nSPS) is 13.6. The predicted octanol–water partition coefficient (Wildman–Crippen LogP) is 2.77. The Balaban J connectivity index is 1.73. The van der Waals surface area contributed by atoms with Gasteiger partial charge in [-0.2, -0.15) is 0 Å². The number of fused-ring (bicyclic) bond motifs is 2. The lowest BCUT2D eigenvalue weighted by atomic mass is 10.0. The van der Waals surface area contributed by atoms with E-state index in [1.165, 1.54) is 12.3 Å². The third-order valence-electron chi connectivity index (χ3n) is 4.52. The van der Waals surface area contributed by atoms with Crippen LogP contribution in [0.25, 0.3) is 10.9 Å². The molecule has 0 spiro atoms. The van der Waals surface area contributed by atoms with Crippen LogP contribution in [0.5, 0.6) is 0 Å². The molecule has 4 rings (SSSR count). The number of rotatable bonds is 3. The van der Waals surface area contributed by atoms with Crippen molar-refractivity contribution >= 4 is 32.3 Å². The SMILES string of the molecule is CS(=O)(=O)c1ccc(NC(=O)c2c3c(nc4ccccc24)CCC3)cn1. The van der Waals surface area contributed by atoms with E-state index < -0.39 is 9.84 Å². The van der Waals surface area contributed by atoms with Crippen molar-refractivity contribution in [3.8, 4) is 0 Å². The van der Waals surface area contributed by atoms with Gasteiger partial charge in [-0.3, -0.25) is 9.78 Å². The fourth-order valence-electron chi connectivity index (χ4n) is 3.34. The van der Waals surface area contributed by atoms with Gasteiger partial charge in [-0.25, -0.2) is 13.4 Å². The largest absolute Gasteiger partial charge is 0.321 e. The number of anilines is 1. The van der Waals surface area contributed by atoms with E-state index in [4.69, 9.17) is 0 Å². The molecule has 0 aliphatic heterocycles. The molecule has 1 N–H and O–H groups in total. The summed E-state index contributed by atoms with van der Waals surface area (Å²) in [4.78, 5) is 21.6. The molecule has 26 heavy (non-hydrogen) atoms. The minimum absolute atomic E-state index is 0.0225. The Morgan fingerprint density at radius 2 is 1.92 bits per heavy atom. The number of sulfone groups is 1. The van der Waals surface area contributed by atoms with Gasteiger partial charge in [-0.05, 0) is 43.0 Å². The summed E-state index contributed by atoms with van der Waals surface area (Å²) in [5, 5.41) is 3.64. The summed E-state index contributed by atoms with van der Waals surface area (Å²) >= 11 is 0. The second-order valence-corrected chi connectivity index (χ2v) is 8.36. The van der Waals surface area contributed by atoms with Crippen molar-refractivity contribution in [1.29, 1.82) is 0 Å². The number of carbonyl (C=O) groups excluding carboxylic acids is 1. The lowest BCUT2D eigenvalue weighted by Gasteiger charge is -2.12. The molecule has 3 aromatic rings. The first-order chi connectivity index (χ1) is 12.4.